The van der Waals surface area contributed by atoms with E-state index in [1.807, 2.05) is 36.4 Å². The number of amides is 2. The number of halogens is 1. The Morgan fingerprint density at radius 3 is 2.83 bits per heavy atom. The Morgan fingerprint density at radius 1 is 1.21 bits per heavy atom. The molecule has 1 fully saturated rings. The number of carbonyl (C=O) groups is 2. The minimum atomic E-state index is -0.180. The van der Waals surface area contributed by atoms with Crippen molar-refractivity contribution in [3.63, 3.8) is 0 Å². The van der Waals surface area contributed by atoms with Crippen LogP contribution >= 0.6 is 23.4 Å². The Balaban J connectivity index is 1.51. The number of fused-ring (bicyclic) bond motifs is 1. The molecule has 29 heavy (non-hydrogen) atoms. The first-order chi connectivity index (χ1) is 14.0. The number of hydrogen-bond donors (Lipinski definition) is 2. The number of benzene rings is 2. The molecule has 0 spiro atoms. The van der Waals surface area contributed by atoms with Crippen LogP contribution in [0, 0.1) is 5.92 Å². The van der Waals surface area contributed by atoms with Crippen molar-refractivity contribution in [3.8, 4) is 0 Å². The lowest BCUT2D eigenvalue weighted by Crippen LogP contribution is -2.41. The van der Waals surface area contributed by atoms with Crippen molar-refractivity contribution in [2.24, 2.45) is 5.92 Å². The maximum Gasteiger partial charge on any atom is 0.262 e. The first-order valence-corrected chi connectivity index (χ1v) is 11.1. The zero-order chi connectivity index (χ0) is 20.4. The van der Waals surface area contributed by atoms with Crippen LogP contribution < -0.4 is 10.6 Å². The van der Waals surface area contributed by atoms with E-state index >= 15 is 0 Å². The van der Waals surface area contributed by atoms with Gasteiger partial charge in [-0.25, -0.2) is 0 Å². The molecular formula is C23H23ClN2O2S. The molecule has 1 heterocycles. The van der Waals surface area contributed by atoms with Gasteiger partial charge in [-0.1, -0.05) is 55.3 Å². The van der Waals surface area contributed by atoms with Crippen molar-refractivity contribution < 1.29 is 9.59 Å². The normalized spacial score (nSPS) is 22.7. The first-order valence-electron chi connectivity index (χ1n) is 9.91. The van der Waals surface area contributed by atoms with Crippen molar-refractivity contribution in [3.05, 3.63) is 63.5 Å². The van der Waals surface area contributed by atoms with Gasteiger partial charge < -0.3 is 10.6 Å². The van der Waals surface area contributed by atoms with E-state index in [0.29, 0.717) is 27.1 Å². The van der Waals surface area contributed by atoms with Gasteiger partial charge in [-0.05, 0) is 60.7 Å². The van der Waals surface area contributed by atoms with Gasteiger partial charge in [-0.2, -0.15) is 0 Å². The molecular weight excluding hydrogens is 404 g/mol. The van der Waals surface area contributed by atoms with Crippen LogP contribution in [0.4, 0.5) is 5.69 Å². The average Bonchev–Trinajstić information content (AvgIpc) is 2.70. The van der Waals surface area contributed by atoms with Crippen molar-refractivity contribution in [1.82, 2.24) is 5.32 Å². The molecule has 150 valence electrons. The largest absolute Gasteiger partial charge is 0.349 e. The summed E-state index contributed by atoms with van der Waals surface area (Å²) in [7, 11) is 0. The van der Waals surface area contributed by atoms with Gasteiger partial charge in [0.2, 0.25) is 0 Å². The minimum absolute atomic E-state index is 0.0777. The Morgan fingerprint density at radius 2 is 2.03 bits per heavy atom. The van der Waals surface area contributed by atoms with Crippen LogP contribution in [0.1, 0.15) is 48.5 Å². The van der Waals surface area contributed by atoms with Crippen molar-refractivity contribution in [2.75, 3.05) is 5.32 Å². The molecule has 0 aromatic heterocycles. The fourth-order valence-electron chi connectivity index (χ4n) is 3.83. The maximum absolute atomic E-state index is 12.7. The average molecular weight is 427 g/mol. The number of thioether (sulfide) groups is 1. The molecule has 1 aliphatic carbocycles. The molecule has 2 N–H and O–H groups in total. The van der Waals surface area contributed by atoms with Gasteiger partial charge in [0.05, 0.1) is 10.6 Å². The van der Waals surface area contributed by atoms with E-state index in [9.17, 15) is 9.59 Å². The predicted octanol–water partition coefficient (Wildman–Crippen LogP) is 5.73. The van der Waals surface area contributed by atoms with Gasteiger partial charge in [0.15, 0.2) is 0 Å². The summed E-state index contributed by atoms with van der Waals surface area (Å²) in [5.74, 6) is 0.242. The molecule has 2 aromatic rings. The quantitative estimate of drug-likeness (QED) is 0.616. The van der Waals surface area contributed by atoms with Gasteiger partial charge in [0.25, 0.3) is 11.8 Å². The second-order valence-electron chi connectivity index (χ2n) is 7.67. The van der Waals surface area contributed by atoms with Gasteiger partial charge in [0, 0.05) is 21.5 Å². The standard InChI is InChI=1S/C23H23ClN2O2S/c1-14-5-2-3-8-18(14)25-22(27)16-9-10-20-19(13-16)26-23(28)21(29-20)12-15-6-4-7-17(24)11-15/h4,6-7,9-14,18H,2-3,5,8H2,1H3,(H,25,27)(H,26,28)/b21-12+/t14-,18-/m1/s1. The number of rotatable bonds is 3. The van der Waals surface area contributed by atoms with Crippen LogP contribution in [0.3, 0.4) is 0 Å². The predicted molar refractivity (Wildman–Crippen MR) is 119 cm³/mol. The van der Waals surface area contributed by atoms with Crippen molar-refractivity contribution >= 4 is 46.9 Å². The summed E-state index contributed by atoms with van der Waals surface area (Å²) in [4.78, 5) is 26.8. The highest BCUT2D eigenvalue weighted by Gasteiger charge is 2.25. The van der Waals surface area contributed by atoms with E-state index in [-0.39, 0.29) is 17.9 Å². The maximum atomic E-state index is 12.7. The van der Waals surface area contributed by atoms with Crippen LogP contribution in [0.25, 0.3) is 6.08 Å². The molecule has 1 aliphatic heterocycles. The second-order valence-corrected chi connectivity index (χ2v) is 9.19. The summed E-state index contributed by atoms with van der Waals surface area (Å²) >= 11 is 7.43. The molecule has 2 aliphatic rings. The molecule has 0 bridgehead atoms. The van der Waals surface area contributed by atoms with E-state index in [1.165, 1.54) is 18.2 Å². The molecule has 2 amide bonds. The smallest absolute Gasteiger partial charge is 0.262 e. The van der Waals surface area contributed by atoms with Crippen LogP contribution in [0.5, 0.6) is 0 Å². The fourth-order valence-corrected chi connectivity index (χ4v) is 4.96. The summed E-state index contributed by atoms with van der Waals surface area (Å²) in [5.41, 5.74) is 2.12. The van der Waals surface area contributed by atoms with Gasteiger partial charge >= 0.3 is 0 Å². The molecule has 0 unspecified atom stereocenters. The van der Waals surface area contributed by atoms with E-state index in [1.54, 1.807) is 12.1 Å². The van der Waals surface area contributed by atoms with Gasteiger partial charge in [-0.3, -0.25) is 9.59 Å². The van der Waals surface area contributed by atoms with E-state index in [4.69, 9.17) is 11.6 Å². The van der Waals surface area contributed by atoms with Gasteiger partial charge in [-0.15, -0.1) is 0 Å². The van der Waals surface area contributed by atoms with Crippen LogP contribution in [0.15, 0.2) is 52.3 Å². The topological polar surface area (TPSA) is 58.2 Å². The molecule has 4 nitrogen and oxygen atoms in total. The summed E-state index contributed by atoms with van der Waals surface area (Å²) in [6, 6.07) is 13.1. The lowest BCUT2D eigenvalue weighted by molar-refractivity contribution is -0.112. The Hall–Kier alpha value is -2.24. The molecule has 0 radical (unpaired) electrons. The fraction of sp³-hybridized carbons (Fsp3) is 0.304. The molecule has 6 heteroatoms. The van der Waals surface area contributed by atoms with E-state index in [2.05, 4.69) is 17.6 Å². The van der Waals surface area contributed by atoms with Gasteiger partial charge in [0.1, 0.15) is 0 Å². The summed E-state index contributed by atoms with van der Waals surface area (Å²) in [6.07, 6.45) is 6.40. The van der Waals surface area contributed by atoms with Crippen molar-refractivity contribution in [2.45, 2.75) is 43.5 Å². The number of hydrogen-bond acceptors (Lipinski definition) is 3. The molecule has 1 saturated carbocycles. The minimum Gasteiger partial charge on any atom is -0.349 e. The highest BCUT2D eigenvalue weighted by Crippen LogP contribution is 2.39. The second kappa shape index (κ2) is 8.64. The third-order valence-corrected chi connectivity index (χ3v) is 6.84. The monoisotopic (exact) mass is 426 g/mol. The number of carbonyl (C=O) groups excluding carboxylic acids is 2. The zero-order valence-corrected chi connectivity index (χ0v) is 17.8. The molecule has 0 saturated heterocycles. The lowest BCUT2D eigenvalue weighted by atomic mass is 9.86. The summed E-state index contributed by atoms with van der Waals surface area (Å²) in [6.45, 7) is 2.20. The Bertz CT molecular complexity index is 989. The molecule has 2 atom stereocenters. The highest BCUT2D eigenvalue weighted by molar-refractivity contribution is 8.04. The summed E-state index contributed by atoms with van der Waals surface area (Å²) in [5, 5.41) is 6.71. The number of nitrogens with one attached hydrogen (secondary N) is 2. The first kappa shape index (κ1) is 20.0. The van der Waals surface area contributed by atoms with Crippen LogP contribution in [-0.4, -0.2) is 17.9 Å². The van der Waals surface area contributed by atoms with Crippen LogP contribution in [-0.2, 0) is 4.79 Å². The number of anilines is 1. The van der Waals surface area contributed by atoms with Crippen LogP contribution in [0.2, 0.25) is 5.02 Å². The van der Waals surface area contributed by atoms with E-state index in [0.717, 1.165) is 29.7 Å². The third-order valence-electron chi connectivity index (χ3n) is 5.51. The van der Waals surface area contributed by atoms with E-state index < -0.39 is 0 Å². The highest BCUT2D eigenvalue weighted by atomic mass is 35.5. The third kappa shape index (κ3) is 4.68. The van der Waals surface area contributed by atoms with Crippen molar-refractivity contribution in [1.29, 1.82) is 0 Å². The molecule has 2 aromatic carbocycles. The Labute approximate surface area is 180 Å². The summed E-state index contributed by atoms with van der Waals surface area (Å²) < 4.78 is 0. The lowest BCUT2D eigenvalue weighted by Gasteiger charge is -2.29. The SMILES string of the molecule is C[C@@H]1CCCC[C@H]1NC(=O)c1ccc2c(c1)NC(=O)/C(=C\c1cccc(Cl)c1)S2. The zero-order valence-electron chi connectivity index (χ0n) is 16.2. The Kier molecular flexibility index (Phi) is 5.97. The molecule has 4 rings (SSSR count).